The quantitative estimate of drug-likeness (QED) is 0.866. The minimum absolute atomic E-state index is 0.0975. The van der Waals surface area contributed by atoms with Crippen molar-refractivity contribution < 1.29 is 9.47 Å². The molecule has 0 unspecified atom stereocenters. The maximum atomic E-state index is 11.3. The van der Waals surface area contributed by atoms with Gasteiger partial charge < -0.3 is 14.5 Å². The molecule has 0 saturated carbocycles. The molecule has 6 heteroatoms. The third kappa shape index (κ3) is 1.69. The van der Waals surface area contributed by atoms with Crippen molar-refractivity contribution in [2.24, 2.45) is 0 Å². The van der Waals surface area contributed by atoms with Crippen molar-refractivity contribution in [3.8, 4) is 11.5 Å². The Hall–Kier alpha value is -1.75. The molecule has 0 fully saturated rings. The minimum atomic E-state index is -0.429. The molecule has 0 saturated heterocycles. The predicted molar refractivity (Wildman–Crippen MR) is 60.5 cm³/mol. The van der Waals surface area contributed by atoms with Crippen LogP contribution in [0.3, 0.4) is 0 Å². The van der Waals surface area contributed by atoms with Crippen LogP contribution in [-0.4, -0.2) is 24.2 Å². The topological polar surface area (TPSA) is 64.2 Å². The van der Waals surface area contributed by atoms with E-state index in [-0.39, 0.29) is 5.15 Å². The summed E-state index contributed by atoms with van der Waals surface area (Å²) in [6, 6.07) is 3.29. The van der Waals surface area contributed by atoms with E-state index in [0.29, 0.717) is 22.5 Å². The predicted octanol–water partition coefficient (Wildman–Crippen LogP) is 1.59. The van der Waals surface area contributed by atoms with Gasteiger partial charge in [-0.15, -0.1) is 0 Å². The van der Waals surface area contributed by atoms with Crippen molar-refractivity contribution in [3.05, 3.63) is 27.6 Å². The summed E-state index contributed by atoms with van der Waals surface area (Å²) >= 11 is 5.63. The molecule has 0 amide bonds. The summed E-state index contributed by atoms with van der Waals surface area (Å²) in [4.78, 5) is 17.8. The maximum absolute atomic E-state index is 11.3. The molecular weight excluding hydrogens is 232 g/mol. The minimum Gasteiger partial charge on any atom is -0.493 e. The number of aromatic amines is 1. The van der Waals surface area contributed by atoms with Crippen molar-refractivity contribution in [2.75, 3.05) is 14.2 Å². The van der Waals surface area contributed by atoms with Crippen LogP contribution in [0.25, 0.3) is 11.0 Å². The van der Waals surface area contributed by atoms with E-state index in [2.05, 4.69) is 9.97 Å². The Bertz CT molecular complexity index is 594. The average Bonchev–Trinajstić information content (AvgIpc) is 2.29. The highest BCUT2D eigenvalue weighted by atomic mass is 35.5. The summed E-state index contributed by atoms with van der Waals surface area (Å²) in [5.41, 5.74) is 0.663. The van der Waals surface area contributed by atoms with Crippen molar-refractivity contribution in [2.45, 2.75) is 0 Å². The van der Waals surface area contributed by atoms with Gasteiger partial charge in [0.05, 0.1) is 25.3 Å². The van der Waals surface area contributed by atoms with Gasteiger partial charge in [-0.05, 0) is 0 Å². The van der Waals surface area contributed by atoms with Gasteiger partial charge >= 0.3 is 0 Å². The van der Waals surface area contributed by atoms with Crippen LogP contribution in [0.2, 0.25) is 5.15 Å². The van der Waals surface area contributed by atoms with Gasteiger partial charge in [-0.3, -0.25) is 4.79 Å². The van der Waals surface area contributed by atoms with E-state index in [0.717, 1.165) is 0 Å². The zero-order valence-corrected chi connectivity index (χ0v) is 9.46. The first-order chi connectivity index (χ1) is 7.65. The Morgan fingerprint density at radius 1 is 1.25 bits per heavy atom. The zero-order valence-electron chi connectivity index (χ0n) is 8.70. The highest BCUT2D eigenvalue weighted by molar-refractivity contribution is 6.29. The number of benzene rings is 1. The van der Waals surface area contributed by atoms with Gasteiger partial charge in [-0.1, -0.05) is 11.6 Å². The Kier molecular flexibility index (Phi) is 2.70. The Morgan fingerprint density at radius 2 is 1.88 bits per heavy atom. The third-order valence-electron chi connectivity index (χ3n) is 2.16. The van der Waals surface area contributed by atoms with Gasteiger partial charge in [0, 0.05) is 12.1 Å². The first kappa shape index (κ1) is 10.8. The lowest BCUT2D eigenvalue weighted by molar-refractivity contribution is 0.355. The van der Waals surface area contributed by atoms with Gasteiger partial charge in [0.2, 0.25) is 0 Å². The number of ether oxygens (including phenoxy) is 2. The van der Waals surface area contributed by atoms with E-state index in [9.17, 15) is 4.79 Å². The van der Waals surface area contributed by atoms with E-state index in [1.165, 1.54) is 14.2 Å². The standard InChI is InChI=1S/C10H9ClN2O3/c1-15-7-3-5-6(4-8(7)16-2)13-10(14)9(11)12-5/h3-4H,1-2H3,(H,13,14). The Labute approximate surface area is 96.0 Å². The lowest BCUT2D eigenvalue weighted by Crippen LogP contribution is -2.08. The number of H-pyrrole nitrogens is 1. The summed E-state index contributed by atoms with van der Waals surface area (Å²) in [6.45, 7) is 0. The number of hydrogen-bond acceptors (Lipinski definition) is 4. The Morgan fingerprint density at radius 3 is 2.50 bits per heavy atom. The summed E-state index contributed by atoms with van der Waals surface area (Å²) in [6.07, 6.45) is 0. The summed E-state index contributed by atoms with van der Waals surface area (Å²) in [5.74, 6) is 1.06. The fourth-order valence-corrected chi connectivity index (χ4v) is 1.53. The van der Waals surface area contributed by atoms with Crippen LogP contribution in [0.4, 0.5) is 0 Å². The van der Waals surface area contributed by atoms with E-state index >= 15 is 0 Å². The number of nitrogens with zero attached hydrogens (tertiary/aromatic N) is 1. The van der Waals surface area contributed by atoms with Gasteiger partial charge in [0.1, 0.15) is 0 Å². The SMILES string of the molecule is COc1cc2nc(Cl)c(=O)[nH]c2cc1OC. The molecule has 0 bridgehead atoms. The van der Waals surface area contributed by atoms with E-state index < -0.39 is 5.56 Å². The van der Waals surface area contributed by atoms with Gasteiger partial charge in [0.15, 0.2) is 16.7 Å². The first-order valence-corrected chi connectivity index (χ1v) is 4.85. The second-order valence-electron chi connectivity index (χ2n) is 3.08. The molecule has 1 aromatic heterocycles. The third-order valence-corrected chi connectivity index (χ3v) is 2.41. The number of nitrogens with one attached hydrogen (secondary N) is 1. The van der Waals surface area contributed by atoms with Gasteiger partial charge in [0.25, 0.3) is 5.56 Å². The molecular formula is C10H9ClN2O3. The second kappa shape index (κ2) is 4.02. The molecule has 1 heterocycles. The number of halogens is 1. The van der Waals surface area contributed by atoms with Crippen molar-refractivity contribution in [1.82, 2.24) is 9.97 Å². The smallest absolute Gasteiger partial charge is 0.286 e. The molecule has 1 N–H and O–H groups in total. The monoisotopic (exact) mass is 240 g/mol. The normalized spacial score (nSPS) is 10.4. The summed E-state index contributed by atoms with van der Waals surface area (Å²) in [5, 5.41) is -0.0975. The molecule has 1 aromatic carbocycles. The molecule has 0 radical (unpaired) electrons. The molecule has 2 rings (SSSR count). The summed E-state index contributed by atoms with van der Waals surface area (Å²) < 4.78 is 10.2. The molecule has 16 heavy (non-hydrogen) atoms. The number of aromatic nitrogens is 2. The van der Waals surface area contributed by atoms with Crippen molar-refractivity contribution in [3.63, 3.8) is 0 Å². The fraction of sp³-hybridized carbons (Fsp3) is 0.200. The van der Waals surface area contributed by atoms with Crippen LogP contribution in [0.15, 0.2) is 16.9 Å². The lowest BCUT2D eigenvalue weighted by Gasteiger charge is -2.08. The van der Waals surface area contributed by atoms with Crippen LogP contribution in [-0.2, 0) is 0 Å². The molecule has 0 aliphatic rings. The maximum Gasteiger partial charge on any atom is 0.286 e. The number of methoxy groups -OCH3 is 2. The lowest BCUT2D eigenvalue weighted by atomic mass is 10.2. The van der Waals surface area contributed by atoms with E-state index in [4.69, 9.17) is 21.1 Å². The van der Waals surface area contributed by atoms with Crippen LogP contribution in [0, 0.1) is 0 Å². The van der Waals surface area contributed by atoms with Crippen LogP contribution >= 0.6 is 11.6 Å². The van der Waals surface area contributed by atoms with E-state index in [1.54, 1.807) is 12.1 Å². The van der Waals surface area contributed by atoms with Crippen LogP contribution in [0.5, 0.6) is 11.5 Å². The van der Waals surface area contributed by atoms with Crippen LogP contribution < -0.4 is 15.0 Å². The Balaban J connectivity index is 2.78. The average molecular weight is 241 g/mol. The molecule has 0 atom stereocenters. The number of rotatable bonds is 2. The molecule has 84 valence electrons. The van der Waals surface area contributed by atoms with Gasteiger partial charge in [-0.25, -0.2) is 4.98 Å². The molecule has 0 aliphatic heterocycles. The van der Waals surface area contributed by atoms with Gasteiger partial charge in [-0.2, -0.15) is 0 Å². The molecule has 2 aromatic rings. The highest BCUT2D eigenvalue weighted by Crippen LogP contribution is 2.30. The first-order valence-electron chi connectivity index (χ1n) is 4.47. The number of hydrogen-bond donors (Lipinski definition) is 1. The molecule has 5 nitrogen and oxygen atoms in total. The van der Waals surface area contributed by atoms with Crippen molar-refractivity contribution in [1.29, 1.82) is 0 Å². The fourth-order valence-electron chi connectivity index (χ4n) is 1.39. The highest BCUT2D eigenvalue weighted by Gasteiger charge is 2.08. The van der Waals surface area contributed by atoms with E-state index in [1.807, 2.05) is 0 Å². The molecule has 0 aliphatic carbocycles. The zero-order chi connectivity index (χ0) is 11.7. The second-order valence-corrected chi connectivity index (χ2v) is 3.44. The largest absolute Gasteiger partial charge is 0.493 e. The number of fused-ring (bicyclic) bond motifs is 1. The summed E-state index contributed by atoms with van der Waals surface area (Å²) in [7, 11) is 3.04. The molecule has 0 spiro atoms. The van der Waals surface area contributed by atoms with Crippen LogP contribution in [0.1, 0.15) is 0 Å². The van der Waals surface area contributed by atoms with Crippen molar-refractivity contribution >= 4 is 22.6 Å².